The smallest absolute Gasteiger partial charge is 0.290 e. The highest BCUT2D eigenvalue weighted by atomic mass is 32.1. The molecule has 1 aromatic heterocycles. The molecule has 2 aromatic carbocycles. The van der Waals surface area contributed by atoms with E-state index in [1.807, 2.05) is 68.4 Å². The number of benzene rings is 2. The number of carbonyl (C=O) groups excluding carboxylic acids is 2. The van der Waals surface area contributed by atoms with Gasteiger partial charge in [0.15, 0.2) is 5.76 Å². The number of carbonyl (C=O) groups is 2. The molecule has 1 aliphatic rings. The first-order valence-electron chi connectivity index (χ1n) is 11.0. The topological polar surface area (TPSA) is 79.7 Å². The van der Waals surface area contributed by atoms with Crippen LogP contribution < -0.4 is 4.74 Å². The van der Waals surface area contributed by atoms with Crippen LogP contribution in [0.4, 0.5) is 0 Å². The van der Waals surface area contributed by atoms with E-state index in [0.29, 0.717) is 35.9 Å². The normalized spacial score (nSPS) is 15.9. The molecule has 6 nitrogen and oxygen atoms in total. The van der Waals surface area contributed by atoms with Crippen molar-refractivity contribution in [2.24, 2.45) is 0 Å². The van der Waals surface area contributed by atoms with E-state index >= 15 is 0 Å². The predicted molar refractivity (Wildman–Crippen MR) is 129 cm³/mol. The summed E-state index contributed by atoms with van der Waals surface area (Å²) in [6.45, 7) is 6.55. The number of ketones is 1. The van der Waals surface area contributed by atoms with E-state index in [9.17, 15) is 14.7 Å². The number of amides is 1. The fraction of sp³-hybridized carbons (Fsp3) is 0.269. The van der Waals surface area contributed by atoms with Gasteiger partial charge in [-0.2, -0.15) is 0 Å². The summed E-state index contributed by atoms with van der Waals surface area (Å²) in [6.07, 6.45) is 0.694. The van der Waals surface area contributed by atoms with Crippen molar-refractivity contribution in [2.75, 3.05) is 13.2 Å². The number of rotatable bonds is 8. The van der Waals surface area contributed by atoms with E-state index in [2.05, 4.69) is 4.98 Å². The van der Waals surface area contributed by atoms with Gasteiger partial charge in [-0.15, -0.1) is 11.3 Å². The number of aliphatic hydroxyl groups is 1. The number of ether oxygens (including phenoxy) is 1. The second-order valence-corrected chi connectivity index (χ2v) is 8.80. The number of aromatic nitrogens is 1. The van der Waals surface area contributed by atoms with Crippen LogP contribution in [0.1, 0.15) is 47.2 Å². The highest BCUT2D eigenvalue weighted by Crippen LogP contribution is 2.41. The van der Waals surface area contributed by atoms with Crippen LogP contribution in [-0.4, -0.2) is 39.8 Å². The molecule has 2 heterocycles. The lowest BCUT2D eigenvalue weighted by Gasteiger charge is -2.26. The van der Waals surface area contributed by atoms with Gasteiger partial charge in [-0.05, 0) is 38.0 Å². The van der Waals surface area contributed by atoms with Gasteiger partial charge in [-0.1, -0.05) is 49.4 Å². The van der Waals surface area contributed by atoms with Gasteiger partial charge in [0.2, 0.25) is 5.78 Å². The Hall–Kier alpha value is -3.45. The summed E-state index contributed by atoms with van der Waals surface area (Å²) in [5, 5.41) is 11.5. The zero-order valence-corrected chi connectivity index (χ0v) is 19.7. The third kappa shape index (κ3) is 4.28. The minimum atomic E-state index is -0.688. The van der Waals surface area contributed by atoms with Crippen LogP contribution in [0.5, 0.6) is 5.75 Å². The Morgan fingerprint density at radius 1 is 1.15 bits per heavy atom. The zero-order valence-electron chi connectivity index (χ0n) is 18.9. The minimum Gasteiger partial charge on any atom is -0.503 e. The summed E-state index contributed by atoms with van der Waals surface area (Å²) in [6, 6.07) is 16.3. The molecule has 0 aliphatic carbocycles. The van der Waals surface area contributed by atoms with Crippen molar-refractivity contribution in [1.82, 2.24) is 9.88 Å². The van der Waals surface area contributed by atoms with Crippen LogP contribution in [0.2, 0.25) is 0 Å². The lowest BCUT2D eigenvalue weighted by Crippen LogP contribution is -2.31. The number of Topliss-reactive ketones (excluding diaryl/α,β-unsaturated/α-hetero) is 1. The van der Waals surface area contributed by atoms with Crippen molar-refractivity contribution in [3.05, 3.63) is 82.1 Å². The summed E-state index contributed by atoms with van der Waals surface area (Å²) in [7, 11) is 0. The maximum atomic E-state index is 13.8. The van der Waals surface area contributed by atoms with Crippen LogP contribution in [-0.2, 0) is 4.79 Å². The average Bonchev–Trinajstić information content (AvgIpc) is 3.33. The SMILES string of the molecule is CCCN1C(=O)C(O)=C(C(=O)c2sc(-c3ccccc3)nc2C)C1c1cccc(OCC)c1. The molecule has 0 spiro atoms. The van der Waals surface area contributed by atoms with Crippen LogP contribution >= 0.6 is 11.3 Å². The summed E-state index contributed by atoms with van der Waals surface area (Å²) in [5.41, 5.74) is 2.31. The van der Waals surface area contributed by atoms with Crippen LogP contribution in [0.25, 0.3) is 10.6 Å². The van der Waals surface area contributed by atoms with Gasteiger partial charge in [-0.25, -0.2) is 4.98 Å². The number of nitrogens with zero attached hydrogens (tertiary/aromatic N) is 2. The summed E-state index contributed by atoms with van der Waals surface area (Å²) >= 11 is 1.27. The van der Waals surface area contributed by atoms with E-state index in [1.54, 1.807) is 11.8 Å². The van der Waals surface area contributed by atoms with E-state index < -0.39 is 17.7 Å². The van der Waals surface area contributed by atoms with Gasteiger partial charge in [-0.3, -0.25) is 9.59 Å². The van der Waals surface area contributed by atoms with Gasteiger partial charge in [0.1, 0.15) is 10.8 Å². The van der Waals surface area contributed by atoms with Gasteiger partial charge in [0.05, 0.1) is 28.8 Å². The minimum absolute atomic E-state index is 0.0912. The van der Waals surface area contributed by atoms with E-state index in [4.69, 9.17) is 4.74 Å². The van der Waals surface area contributed by atoms with Gasteiger partial charge < -0.3 is 14.7 Å². The highest BCUT2D eigenvalue weighted by molar-refractivity contribution is 7.17. The largest absolute Gasteiger partial charge is 0.503 e. The molecule has 1 aliphatic heterocycles. The first-order chi connectivity index (χ1) is 16.0. The lowest BCUT2D eigenvalue weighted by molar-refractivity contribution is -0.129. The molecule has 1 atom stereocenters. The van der Waals surface area contributed by atoms with Crippen molar-refractivity contribution in [2.45, 2.75) is 33.2 Å². The molecule has 1 unspecified atom stereocenters. The lowest BCUT2D eigenvalue weighted by atomic mass is 9.95. The first kappa shape index (κ1) is 22.7. The van der Waals surface area contributed by atoms with E-state index in [1.165, 1.54) is 11.3 Å². The molecule has 3 aromatic rings. The van der Waals surface area contributed by atoms with Gasteiger partial charge >= 0.3 is 0 Å². The molecule has 170 valence electrons. The van der Waals surface area contributed by atoms with Crippen LogP contribution in [0.3, 0.4) is 0 Å². The molecule has 0 fully saturated rings. The van der Waals surface area contributed by atoms with E-state index in [-0.39, 0.29) is 11.4 Å². The number of aryl methyl sites for hydroxylation is 1. The average molecular weight is 463 g/mol. The molecular formula is C26H26N2O4S. The van der Waals surface area contributed by atoms with Crippen molar-refractivity contribution < 1.29 is 19.4 Å². The molecule has 0 radical (unpaired) electrons. The molecule has 0 saturated heterocycles. The monoisotopic (exact) mass is 462 g/mol. The Morgan fingerprint density at radius 2 is 1.91 bits per heavy atom. The Bertz CT molecular complexity index is 1220. The van der Waals surface area contributed by atoms with Crippen molar-refractivity contribution >= 4 is 23.0 Å². The van der Waals surface area contributed by atoms with Crippen LogP contribution in [0, 0.1) is 6.92 Å². The first-order valence-corrected chi connectivity index (χ1v) is 11.8. The molecule has 0 bridgehead atoms. The fourth-order valence-corrected chi connectivity index (χ4v) is 5.10. The number of thiazole rings is 1. The standard InChI is InChI=1S/C26H26N2O4S/c1-4-14-28-21(18-12-9-13-19(15-18)32-5-2)20(23(30)26(28)31)22(29)24-16(3)27-25(33-24)17-10-7-6-8-11-17/h6-13,15,21,30H,4-5,14H2,1-3H3. The third-order valence-corrected chi connectivity index (χ3v) is 6.73. The second kappa shape index (κ2) is 9.58. The molecule has 4 rings (SSSR count). The number of hydrogen-bond donors (Lipinski definition) is 1. The summed E-state index contributed by atoms with van der Waals surface area (Å²) in [5.74, 6) is -0.743. The summed E-state index contributed by atoms with van der Waals surface area (Å²) in [4.78, 5) is 33.3. The molecular weight excluding hydrogens is 436 g/mol. The Morgan fingerprint density at radius 3 is 2.61 bits per heavy atom. The maximum absolute atomic E-state index is 13.8. The van der Waals surface area contributed by atoms with Crippen molar-refractivity contribution in [3.63, 3.8) is 0 Å². The van der Waals surface area contributed by atoms with E-state index in [0.717, 1.165) is 16.1 Å². The molecule has 1 amide bonds. The highest BCUT2D eigenvalue weighted by Gasteiger charge is 2.44. The third-order valence-electron chi connectivity index (χ3n) is 5.52. The molecule has 0 saturated carbocycles. The van der Waals surface area contributed by atoms with Gasteiger partial charge in [0.25, 0.3) is 5.91 Å². The molecule has 7 heteroatoms. The Balaban J connectivity index is 1.79. The molecule has 33 heavy (non-hydrogen) atoms. The quantitative estimate of drug-likeness (QED) is 0.447. The summed E-state index contributed by atoms with van der Waals surface area (Å²) < 4.78 is 5.63. The fourth-order valence-electron chi connectivity index (χ4n) is 4.08. The van der Waals surface area contributed by atoms with Crippen molar-refractivity contribution in [3.8, 4) is 16.3 Å². The van der Waals surface area contributed by atoms with Crippen molar-refractivity contribution in [1.29, 1.82) is 0 Å². The van der Waals surface area contributed by atoms with Gasteiger partial charge in [0, 0.05) is 12.1 Å². The predicted octanol–water partition coefficient (Wildman–Crippen LogP) is 5.51. The molecule has 1 N–H and O–H groups in total. The zero-order chi connectivity index (χ0) is 23.5. The Labute approximate surface area is 197 Å². The number of aliphatic hydroxyl groups excluding tert-OH is 1. The van der Waals surface area contributed by atoms with Crippen LogP contribution in [0.15, 0.2) is 65.9 Å². The number of hydrogen-bond acceptors (Lipinski definition) is 6. The maximum Gasteiger partial charge on any atom is 0.290 e. The Kier molecular flexibility index (Phi) is 6.60. The second-order valence-electron chi connectivity index (χ2n) is 7.80.